The normalized spacial score (nSPS) is 25.1. The van der Waals surface area contributed by atoms with Gasteiger partial charge in [-0.05, 0) is 32.1 Å². The Morgan fingerprint density at radius 2 is 1.69 bits per heavy atom. The van der Waals surface area contributed by atoms with Gasteiger partial charge in [0.15, 0.2) is 5.78 Å². The van der Waals surface area contributed by atoms with E-state index in [1.54, 1.807) is 0 Å². The van der Waals surface area contributed by atoms with Crippen molar-refractivity contribution in [1.82, 2.24) is 5.32 Å². The van der Waals surface area contributed by atoms with Gasteiger partial charge in [0, 0.05) is 12.0 Å². The van der Waals surface area contributed by atoms with Gasteiger partial charge in [0.2, 0.25) is 0 Å². The van der Waals surface area contributed by atoms with E-state index >= 15 is 0 Å². The molecular weight excluding hydrogens is 198 g/mol. The smallest absolute Gasteiger partial charge is 0.152 e. The third-order valence-corrected chi connectivity index (χ3v) is 4.30. The lowest BCUT2D eigenvalue weighted by atomic mass is 9.94. The van der Waals surface area contributed by atoms with Gasteiger partial charge >= 0.3 is 0 Å². The Labute approximate surface area is 99.2 Å². The molecule has 0 aromatic heterocycles. The van der Waals surface area contributed by atoms with E-state index in [2.05, 4.69) is 12.2 Å². The lowest BCUT2D eigenvalue weighted by Gasteiger charge is -2.23. The minimum Gasteiger partial charge on any atom is -0.305 e. The van der Waals surface area contributed by atoms with Gasteiger partial charge in [-0.15, -0.1) is 0 Å². The summed E-state index contributed by atoms with van der Waals surface area (Å²) in [6, 6.07) is 0.765. The van der Waals surface area contributed by atoms with Crippen LogP contribution in [0, 0.1) is 5.92 Å². The zero-order valence-corrected chi connectivity index (χ0v) is 10.5. The topological polar surface area (TPSA) is 29.1 Å². The van der Waals surface area contributed by atoms with Gasteiger partial charge in [0.25, 0.3) is 0 Å². The van der Waals surface area contributed by atoms with Crippen molar-refractivity contribution in [3.05, 3.63) is 0 Å². The summed E-state index contributed by atoms with van der Waals surface area (Å²) in [6.45, 7) is 2.14. The number of nitrogens with one attached hydrogen (secondary N) is 1. The number of ketones is 1. The molecule has 2 heteroatoms. The maximum Gasteiger partial charge on any atom is 0.152 e. The third kappa shape index (κ3) is 2.85. The van der Waals surface area contributed by atoms with E-state index in [1.807, 2.05) is 0 Å². The molecule has 0 bridgehead atoms. The van der Waals surface area contributed by atoms with Crippen LogP contribution >= 0.6 is 0 Å². The Morgan fingerprint density at radius 1 is 1.12 bits per heavy atom. The molecule has 1 unspecified atom stereocenters. The quantitative estimate of drug-likeness (QED) is 0.776. The summed E-state index contributed by atoms with van der Waals surface area (Å²) < 4.78 is 0. The predicted molar refractivity (Wildman–Crippen MR) is 66.4 cm³/mol. The van der Waals surface area contributed by atoms with Crippen molar-refractivity contribution in [2.24, 2.45) is 5.92 Å². The fourth-order valence-electron chi connectivity index (χ4n) is 3.27. The monoisotopic (exact) mass is 223 g/mol. The Balaban J connectivity index is 1.84. The van der Waals surface area contributed by atoms with Crippen molar-refractivity contribution in [3.8, 4) is 0 Å². The molecule has 0 radical (unpaired) electrons. The van der Waals surface area contributed by atoms with Crippen LogP contribution in [0.3, 0.4) is 0 Å². The summed E-state index contributed by atoms with van der Waals surface area (Å²) in [7, 11) is 0. The van der Waals surface area contributed by atoms with Crippen molar-refractivity contribution < 1.29 is 4.79 Å². The van der Waals surface area contributed by atoms with Gasteiger partial charge in [-0.2, -0.15) is 0 Å². The van der Waals surface area contributed by atoms with Crippen LogP contribution in [0.4, 0.5) is 0 Å². The lowest BCUT2D eigenvalue weighted by Crippen LogP contribution is -2.44. The van der Waals surface area contributed by atoms with Gasteiger partial charge in [-0.25, -0.2) is 0 Å². The number of carbonyl (C=O) groups is 1. The van der Waals surface area contributed by atoms with E-state index in [0.717, 1.165) is 19.3 Å². The first kappa shape index (κ1) is 12.1. The highest BCUT2D eigenvalue weighted by atomic mass is 16.1. The van der Waals surface area contributed by atoms with Crippen LogP contribution in [-0.4, -0.2) is 17.9 Å². The van der Waals surface area contributed by atoms with E-state index in [1.165, 1.54) is 38.5 Å². The molecular formula is C14H25NO. The number of Topliss-reactive ketones (excluding diaryl/α,β-unsaturated/α-hetero) is 1. The highest BCUT2D eigenvalue weighted by molar-refractivity contribution is 5.86. The maximum atomic E-state index is 12.3. The van der Waals surface area contributed by atoms with Crippen LogP contribution in [0.5, 0.6) is 0 Å². The standard InChI is InChI=1S/C14H25NO/c1-2-13(15-12-9-5-6-10-12)14(16)11-7-3-4-8-11/h11-13,15H,2-10H2,1H3. The minimum absolute atomic E-state index is 0.145. The number of hydrogen-bond donors (Lipinski definition) is 1. The van der Waals surface area contributed by atoms with Crippen LogP contribution in [0.25, 0.3) is 0 Å². The summed E-state index contributed by atoms with van der Waals surface area (Å²) in [5.41, 5.74) is 0. The maximum absolute atomic E-state index is 12.3. The molecule has 1 N–H and O–H groups in total. The van der Waals surface area contributed by atoms with Crippen molar-refractivity contribution in [1.29, 1.82) is 0 Å². The summed E-state index contributed by atoms with van der Waals surface area (Å²) in [4.78, 5) is 12.3. The predicted octanol–water partition coefficient (Wildman–Crippen LogP) is 3.06. The molecule has 2 saturated carbocycles. The molecule has 0 aliphatic heterocycles. The van der Waals surface area contributed by atoms with Crippen LogP contribution < -0.4 is 5.32 Å². The molecule has 0 saturated heterocycles. The first-order chi connectivity index (χ1) is 7.81. The van der Waals surface area contributed by atoms with Gasteiger partial charge in [-0.3, -0.25) is 4.79 Å². The molecule has 0 aromatic carbocycles. The van der Waals surface area contributed by atoms with Crippen LogP contribution in [0.2, 0.25) is 0 Å². The van der Waals surface area contributed by atoms with Gasteiger partial charge in [-0.1, -0.05) is 32.6 Å². The number of carbonyl (C=O) groups excluding carboxylic acids is 1. The highest BCUT2D eigenvalue weighted by Crippen LogP contribution is 2.27. The second-order valence-electron chi connectivity index (χ2n) is 5.49. The van der Waals surface area contributed by atoms with Gasteiger partial charge in [0.1, 0.15) is 0 Å². The zero-order valence-electron chi connectivity index (χ0n) is 10.5. The Kier molecular flexibility index (Phi) is 4.39. The van der Waals surface area contributed by atoms with Crippen LogP contribution in [0.1, 0.15) is 64.7 Å². The molecule has 16 heavy (non-hydrogen) atoms. The molecule has 0 heterocycles. The fraction of sp³-hybridized carbons (Fsp3) is 0.929. The average Bonchev–Trinajstić information content (AvgIpc) is 2.97. The zero-order chi connectivity index (χ0) is 11.4. The summed E-state index contributed by atoms with van der Waals surface area (Å²) in [6.07, 6.45) is 11.0. The molecule has 2 fully saturated rings. The lowest BCUT2D eigenvalue weighted by molar-refractivity contribution is -0.125. The second-order valence-corrected chi connectivity index (χ2v) is 5.49. The van der Waals surface area contributed by atoms with Crippen molar-refractivity contribution in [3.63, 3.8) is 0 Å². The molecule has 2 aliphatic rings. The number of rotatable bonds is 5. The van der Waals surface area contributed by atoms with E-state index in [9.17, 15) is 4.79 Å². The molecule has 1 atom stereocenters. The van der Waals surface area contributed by atoms with E-state index < -0.39 is 0 Å². The van der Waals surface area contributed by atoms with Crippen molar-refractivity contribution in [2.75, 3.05) is 0 Å². The first-order valence-electron chi connectivity index (χ1n) is 7.11. The van der Waals surface area contributed by atoms with Crippen molar-refractivity contribution >= 4 is 5.78 Å². The van der Waals surface area contributed by atoms with Crippen LogP contribution in [0.15, 0.2) is 0 Å². The highest BCUT2D eigenvalue weighted by Gasteiger charge is 2.29. The largest absolute Gasteiger partial charge is 0.305 e. The summed E-state index contributed by atoms with van der Waals surface area (Å²) >= 11 is 0. The summed E-state index contributed by atoms with van der Waals surface area (Å²) in [5, 5.41) is 3.59. The molecule has 2 aliphatic carbocycles. The molecule has 2 nitrogen and oxygen atoms in total. The van der Waals surface area contributed by atoms with Gasteiger partial charge in [0.05, 0.1) is 6.04 Å². The molecule has 0 aromatic rings. The first-order valence-corrected chi connectivity index (χ1v) is 7.11. The Morgan fingerprint density at radius 3 is 2.25 bits per heavy atom. The molecule has 0 spiro atoms. The average molecular weight is 223 g/mol. The molecule has 92 valence electrons. The van der Waals surface area contributed by atoms with Crippen molar-refractivity contribution in [2.45, 2.75) is 76.8 Å². The van der Waals surface area contributed by atoms with Crippen LogP contribution in [-0.2, 0) is 4.79 Å². The minimum atomic E-state index is 0.145. The Bertz CT molecular complexity index is 227. The molecule has 0 amide bonds. The summed E-state index contributed by atoms with van der Waals surface area (Å²) in [5.74, 6) is 0.880. The number of hydrogen-bond acceptors (Lipinski definition) is 2. The van der Waals surface area contributed by atoms with Gasteiger partial charge < -0.3 is 5.32 Å². The second kappa shape index (κ2) is 5.81. The van der Waals surface area contributed by atoms with E-state index in [4.69, 9.17) is 0 Å². The third-order valence-electron chi connectivity index (χ3n) is 4.30. The molecule has 2 rings (SSSR count). The van der Waals surface area contributed by atoms with E-state index in [0.29, 0.717) is 17.7 Å². The van der Waals surface area contributed by atoms with E-state index in [-0.39, 0.29) is 6.04 Å². The fourth-order valence-corrected chi connectivity index (χ4v) is 3.27. The Hall–Kier alpha value is -0.370. The SMILES string of the molecule is CCC(NC1CCCC1)C(=O)C1CCCC1.